The van der Waals surface area contributed by atoms with Crippen LogP contribution in [0.15, 0.2) is 42.6 Å². The maximum Gasteiger partial charge on any atom is 0.418 e. The van der Waals surface area contributed by atoms with E-state index in [1.807, 2.05) is 0 Å². The van der Waals surface area contributed by atoms with Gasteiger partial charge in [0.05, 0.1) is 23.1 Å². The number of urea groups is 1. The van der Waals surface area contributed by atoms with Gasteiger partial charge in [0.2, 0.25) is 0 Å². The fourth-order valence-corrected chi connectivity index (χ4v) is 2.89. The summed E-state index contributed by atoms with van der Waals surface area (Å²) in [5.74, 6) is 0.832. The maximum atomic E-state index is 13.0. The second-order valence-corrected chi connectivity index (χ2v) is 6.08. The molecule has 0 bridgehead atoms. The number of hydrogen-bond donors (Lipinski definition) is 2. The highest BCUT2D eigenvalue weighted by atomic mass is 19.4. The first-order valence-electron chi connectivity index (χ1n) is 8.39. The molecule has 1 fully saturated rings. The van der Waals surface area contributed by atoms with Crippen molar-refractivity contribution in [3.8, 4) is 0 Å². The van der Waals surface area contributed by atoms with Gasteiger partial charge in [0, 0.05) is 13.1 Å². The predicted octanol–water partition coefficient (Wildman–Crippen LogP) is 4.73. The number of halogens is 3. The predicted molar refractivity (Wildman–Crippen MR) is 94.4 cm³/mol. The first-order valence-corrected chi connectivity index (χ1v) is 8.39. The standard InChI is InChI=1S/C18H19F3N4O/c19-18(20,21)14-6-2-3-7-15(14)24-17(26)23-13-8-9-16(22-12-13)25-10-4-1-5-11-25/h2-3,6-9,12H,1,4-5,10-11H2,(H2,23,24,26). The SMILES string of the molecule is O=C(Nc1ccc(N2CCCCC2)nc1)Nc1ccccc1C(F)(F)F. The van der Waals surface area contributed by atoms with Gasteiger partial charge < -0.3 is 15.5 Å². The van der Waals surface area contributed by atoms with Crippen LogP contribution in [0.5, 0.6) is 0 Å². The Labute approximate surface area is 149 Å². The third kappa shape index (κ3) is 4.44. The van der Waals surface area contributed by atoms with Crippen molar-refractivity contribution in [1.82, 2.24) is 4.98 Å². The van der Waals surface area contributed by atoms with Gasteiger partial charge >= 0.3 is 12.2 Å². The average molecular weight is 364 g/mol. The lowest BCUT2D eigenvalue weighted by Crippen LogP contribution is -2.30. The van der Waals surface area contributed by atoms with Crippen molar-refractivity contribution in [2.45, 2.75) is 25.4 Å². The van der Waals surface area contributed by atoms with E-state index in [1.165, 1.54) is 30.8 Å². The second-order valence-electron chi connectivity index (χ2n) is 6.08. The van der Waals surface area contributed by atoms with E-state index in [0.717, 1.165) is 37.8 Å². The van der Waals surface area contributed by atoms with E-state index in [4.69, 9.17) is 0 Å². The van der Waals surface area contributed by atoms with Crippen molar-refractivity contribution in [1.29, 1.82) is 0 Å². The van der Waals surface area contributed by atoms with E-state index < -0.39 is 17.8 Å². The number of piperidine rings is 1. The van der Waals surface area contributed by atoms with Crippen LogP contribution in [0.1, 0.15) is 24.8 Å². The molecule has 5 nitrogen and oxygen atoms in total. The molecule has 1 aromatic carbocycles. The van der Waals surface area contributed by atoms with Crippen LogP contribution in [0.3, 0.4) is 0 Å². The van der Waals surface area contributed by atoms with E-state index >= 15 is 0 Å². The molecule has 0 unspecified atom stereocenters. The van der Waals surface area contributed by atoms with Crippen LogP contribution < -0.4 is 15.5 Å². The van der Waals surface area contributed by atoms with Gasteiger partial charge in [-0.15, -0.1) is 0 Å². The van der Waals surface area contributed by atoms with Crippen LogP contribution in [-0.4, -0.2) is 24.1 Å². The molecule has 0 atom stereocenters. The maximum absolute atomic E-state index is 13.0. The summed E-state index contributed by atoms with van der Waals surface area (Å²) in [5.41, 5.74) is -0.781. The molecule has 0 spiro atoms. The molecular formula is C18H19F3N4O. The summed E-state index contributed by atoms with van der Waals surface area (Å²) in [6, 6.07) is 7.56. The number of nitrogens with zero attached hydrogens (tertiary/aromatic N) is 2. The van der Waals surface area contributed by atoms with E-state index in [2.05, 4.69) is 20.5 Å². The molecule has 3 rings (SSSR count). The van der Waals surface area contributed by atoms with Crippen molar-refractivity contribution < 1.29 is 18.0 Å². The lowest BCUT2D eigenvalue weighted by Gasteiger charge is -2.27. The van der Waals surface area contributed by atoms with Gasteiger partial charge in [-0.3, -0.25) is 0 Å². The quantitative estimate of drug-likeness (QED) is 0.827. The van der Waals surface area contributed by atoms with E-state index in [1.54, 1.807) is 12.1 Å². The zero-order chi connectivity index (χ0) is 18.6. The van der Waals surface area contributed by atoms with Gasteiger partial charge in [0.1, 0.15) is 5.82 Å². The summed E-state index contributed by atoms with van der Waals surface area (Å²) >= 11 is 0. The number of rotatable bonds is 3. The number of nitrogens with one attached hydrogen (secondary N) is 2. The van der Waals surface area contributed by atoms with E-state index in [-0.39, 0.29) is 5.69 Å². The molecular weight excluding hydrogens is 345 g/mol. The summed E-state index contributed by atoms with van der Waals surface area (Å²) in [7, 11) is 0. The molecule has 0 aliphatic carbocycles. The number of aromatic nitrogens is 1. The third-order valence-electron chi connectivity index (χ3n) is 4.17. The lowest BCUT2D eigenvalue weighted by molar-refractivity contribution is -0.136. The zero-order valence-electron chi connectivity index (χ0n) is 14.0. The Balaban J connectivity index is 1.64. The molecule has 8 heteroatoms. The number of alkyl halides is 3. The summed E-state index contributed by atoms with van der Waals surface area (Å²) < 4.78 is 38.9. The summed E-state index contributed by atoms with van der Waals surface area (Å²) in [4.78, 5) is 18.5. The Morgan fingerprint density at radius 2 is 1.73 bits per heavy atom. The number of carbonyl (C=O) groups is 1. The molecule has 2 amide bonds. The topological polar surface area (TPSA) is 57.3 Å². The molecule has 1 aromatic heterocycles. The molecule has 2 aromatic rings. The molecule has 1 aliphatic heterocycles. The molecule has 26 heavy (non-hydrogen) atoms. The number of para-hydroxylation sites is 1. The van der Waals surface area contributed by atoms with Gasteiger partial charge in [0.15, 0.2) is 0 Å². The third-order valence-corrected chi connectivity index (χ3v) is 4.17. The van der Waals surface area contributed by atoms with Crippen molar-refractivity contribution in [2.24, 2.45) is 0 Å². The van der Waals surface area contributed by atoms with Gasteiger partial charge in [-0.1, -0.05) is 12.1 Å². The Kier molecular flexibility index (Phi) is 5.29. The molecule has 138 valence electrons. The lowest BCUT2D eigenvalue weighted by atomic mass is 10.1. The van der Waals surface area contributed by atoms with Crippen LogP contribution in [0, 0.1) is 0 Å². The van der Waals surface area contributed by atoms with Crippen LogP contribution >= 0.6 is 0 Å². The van der Waals surface area contributed by atoms with Crippen molar-refractivity contribution in [3.63, 3.8) is 0 Å². The highest BCUT2D eigenvalue weighted by Crippen LogP contribution is 2.34. The van der Waals surface area contributed by atoms with Gasteiger partial charge in [0.25, 0.3) is 0 Å². The minimum absolute atomic E-state index is 0.296. The van der Waals surface area contributed by atoms with Crippen LogP contribution in [0.25, 0.3) is 0 Å². The number of amides is 2. The molecule has 1 aliphatic rings. The molecule has 2 heterocycles. The monoisotopic (exact) mass is 364 g/mol. The number of benzene rings is 1. The van der Waals surface area contributed by atoms with Crippen molar-refractivity contribution >= 4 is 23.2 Å². The van der Waals surface area contributed by atoms with Gasteiger partial charge in [-0.25, -0.2) is 9.78 Å². The Morgan fingerprint density at radius 1 is 1.00 bits per heavy atom. The fraction of sp³-hybridized carbons (Fsp3) is 0.333. The van der Waals surface area contributed by atoms with Crippen LogP contribution in [0.4, 0.5) is 35.2 Å². The molecule has 0 radical (unpaired) electrons. The summed E-state index contributed by atoms with van der Waals surface area (Å²) in [6.07, 6.45) is 0.432. The first kappa shape index (κ1) is 18.0. The minimum Gasteiger partial charge on any atom is -0.357 e. The van der Waals surface area contributed by atoms with Gasteiger partial charge in [-0.05, 0) is 43.5 Å². The number of carbonyl (C=O) groups excluding carboxylic acids is 1. The number of pyridine rings is 1. The Hall–Kier alpha value is -2.77. The van der Waals surface area contributed by atoms with E-state index in [0.29, 0.717) is 5.69 Å². The first-order chi connectivity index (χ1) is 12.4. The molecule has 0 saturated carbocycles. The minimum atomic E-state index is -4.54. The highest BCUT2D eigenvalue weighted by molar-refractivity contribution is 6.00. The number of hydrogen-bond acceptors (Lipinski definition) is 3. The highest BCUT2D eigenvalue weighted by Gasteiger charge is 2.33. The molecule has 1 saturated heterocycles. The van der Waals surface area contributed by atoms with Gasteiger partial charge in [-0.2, -0.15) is 13.2 Å². The Morgan fingerprint density at radius 3 is 2.38 bits per heavy atom. The van der Waals surface area contributed by atoms with Crippen LogP contribution in [0.2, 0.25) is 0 Å². The second kappa shape index (κ2) is 7.63. The number of anilines is 3. The summed E-state index contributed by atoms with van der Waals surface area (Å²) in [6.45, 7) is 1.91. The smallest absolute Gasteiger partial charge is 0.357 e. The van der Waals surface area contributed by atoms with Crippen molar-refractivity contribution in [3.05, 3.63) is 48.2 Å². The molecule has 2 N–H and O–H groups in total. The van der Waals surface area contributed by atoms with E-state index in [9.17, 15) is 18.0 Å². The fourth-order valence-electron chi connectivity index (χ4n) is 2.89. The normalized spacial score (nSPS) is 14.8. The van der Waals surface area contributed by atoms with Crippen LogP contribution in [-0.2, 0) is 6.18 Å². The largest absolute Gasteiger partial charge is 0.418 e. The summed E-state index contributed by atoms with van der Waals surface area (Å²) in [5, 5.41) is 4.74. The Bertz CT molecular complexity index is 756. The zero-order valence-corrected chi connectivity index (χ0v) is 14.0. The van der Waals surface area contributed by atoms with Crippen molar-refractivity contribution in [2.75, 3.05) is 28.6 Å². The average Bonchev–Trinajstić information content (AvgIpc) is 2.62.